The molecule has 0 amide bonds. The summed E-state index contributed by atoms with van der Waals surface area (Å²) in [5.41, 5.74) is 2.25. The Morgan fingerprint density at radius 2 is 1.95 bits per heavy atom. The van der Waals surface area contributed by atoms with Crippen LogP contribution in [0.3, 0.4) is 0 Å². The smallest absolute Gasteiger partial charge is 0.0762 e. The van der Waals surface area contributed by atoms with Gasteiger partial charge < -0.3 is 5.32 Å². The Hall–Kier alpha value is -1.32. The SMILES string of the molecule is ClC(CNCc1ccn(C2CCCC2)n1)c1ccccc1. The van der Waals surface area contributed by atoms with Crippen LogP contribution in [-0.4, -0.2) is 16.3 Å². The summed E-state index contributed by atoms with van der Waals surface area (Å²) in [6.45, 7) is 1.53. The Kier molecular flexibility index (Phi) is 4.94. The predicted octanol–water partition coefficient (Wildman–Crippen LogP) is 4.07. The van der Waals surface area contributed by atoms with Gasteiger partial charge in [-0.1, -0.05) is 43.2 Å². The normalized spacial score (nSPS) is 17.2. The van der Waals surface area contributed by atoms with Crippen LogP contribution in [0.2, 0.25) is 0 Å². The summed E-state index contributed by atoms with van der Waals surface area (Å²) in [5, 5.41) is 8.07. The third-order valence-electron chi connectivity index (χ3n) is 4.15. The van der Waals surface area contributed by atoms with E-state index in [-0.39, 0.29) is 5.38 Å². The number of nitrogens with zero attached hydrogens (tertiary/aromatic N) is 2. The molecule has 3 rings (SSSR count). The highest BCUT2D eigenvalue weighted by Crippen LogP contribution is 2.28. The second-order valence-electron chi connectivity index (χ2n) is 5.73. The number of hydrogen-bond donors (Lipinski definition) is 1. The standard InChI is InChI=1S/C17H22ClN3/c18-17(14-6-2-1-3-7-14)13-19-12-15-10-11-21(20-15)16-8-4-5-9-16/h1-3,6-7,10-11,16-17,19H,4-5,8-9,12-13H2. The Morgan fingerprint density at radius 1 is 1.19 bits per heavy atom. The molecule has 0 radical (unpaired) electrons. The molecule has 112 valence electrons. The minimum atomic E-state index is 0.00289. The van der Waals surface area contributed by atoms with Crippen LogP contribution in [0.25, 0.3) is 0 Å². The van der Waals surface area contributed by atoms with E-state index in [1.807, 2.05) is 18.2 Å². The maximum absolute atomic E-state index is 6.39. The van der Waals surface area contributed by atoms with Crippen molar-refractivity contribution < 1.29 is 0 Å². The van der Waals surface area contributed by atoms with Gasteiger partial charge in [-0.25, -0.2) is 0 Å². The first-order chi connectivity index (χ1) is 10.3. The minimum Gasteiger partial charge on any atom is -0.309 e. The molecule has 21 heavy (non-hydrogen) atoms. The van der Waals surface area contributed by atoms with E-state index in [0.717, 1.165) is 24.3 Å². The van der Waals surface area contributed by atoms with Gasteiger partial charge >= 0.3 is 0 Å². The molecule has 0 saturated heterocycles. The molecule has 3 nitrogen and oxygen atoms in total. The molecule has 1 saturated carbocycles. The van der Waals surface area contributed by atoms with Crippen molar-refractivity contribution in [2.75, 3.05) is 6.54 Å². The molecule has 1 aliphatic rings. The highest BCUT2D eigenvalue weighted by Gasteiger charge is 2.17. The van der Waals surface area contributed by atoms with Crippen molar-refractivity contribution in [3.8, 4) is 0 Å². The molecule has 1 fully saturated rings. The summed E-state index contributed by atoms with van der Waals surface area (Å²) in [6.07, 6.45) is 7.33. The first-order valence-corrected chi connectivity index (χ1v) is 8.20. The molecular formula is C17H22ClN3. The molecule has 1 N–H and O–H groups in total. The van der Waals surface area contributed by atoms with Crippen molar-refractivity contribution in [3.05, 3.63) is 53.9 Å². The summed E-state index contributed by atoms with van der Waals surface area (Å²) >= 11 is 6.39. The Bertz CT molecular complexity index is 546. The number of hydrogen-bond acceptors (Lipinski definition) is 2. The van der Waals surface area contributed by atoms with Gasteiger partial charge in [0.2, 0.25) is 0 Å². The van der Waals surface area contributed by atoms with Gasteiger partial charge in [0.05, 0.1) is 17.1 Å². The zero-order valence-corrected chi connectivity index (χ0v) is 13.0. The molecule has 1 heterocycles. The van der Waals surface area contributed by atoms with Crippen LogP contribution in [0.15, 0.2) is 42.6 Å². The Labute approximate surface area is 131 Å². The van der Waals surface area contributed by atoms with E-state index in [9.17, 15) is 0 Å². The monoisotopic (exact) mass is 303 g/mol. The van der Waals surface area contributed by atoms with Gasteiger partial charge in [-0.05, 0) is 24.5 Å². The maximum atomic E-state index is 6.39. The average molecular weight is 304 g/mol. The second-order valence-corrected chi connectivity index (χ2v) is 6.26. The van der Waals surface area contributed by atoms with Crippen LogP contribution in [0, 0.1) is 0 Å². The Balaban J connectivity index is 1.47. The maximum Gasteiger partial charge on any atom is 0.0762 e. The van der Waals surface area contributed by atoms with Crippen LogP contribution in [0.5, 0.6) is 0 Å². The van der Waals surface area contributed by atoms with Gasteiger partial charge in [0.15, 0.2) is 0 Å². The van der Waals surface area contributed by atoms with Crippen LogP contribution >= 0.6 is 11.6 Å². The first kappa shape index (κ1) is 14.6. The number of rotatable bonds is 6. The zero-order chi connectivity index (χ0) is 14.5. The van der Waals surface area contributed by atoms with Crippen LogP contribution in [0.4, 0.5) is 0 Å². The molecule has 1 atom stereocenters. The van der Waals surface area contributed by atoms with Gasteiger partial charge in [-0.15, -0.1) is 11.6 Å². The lowest BCUT2D eigenvalue weighted by Crippen LogP contribution is -2.19. The van der Waals surface area contributed by atoms with Crippen LogP contribution in [0.1, 0.15) is 48.4 Å². The lowest BCUT2D eigenvalue weighted by molar-refractivity contribution is 0.461. The van der Waals surface area contributed by atoms with Gasteiger partial charge in [-0.3, -0.25) is 4.68 Å². The van der Waals surface area contributed by atoms with E-state index in [2.05, 4.69) is 39.5 Å². The topological polar surface area (TPSA) is 29.9 Å². The molecule has 0 spiro atoms. The largest absolute Gasteiger partial charge is 0.309 e. The molecule has 1 aromatic carbocycles. The molecule has 0 aliphatic heterocycles. The predicted molar refractivity (Wildman–Crippen MR) is 86.5 cm³/mol. The zero-order valence-electron chi connectivity index (χ0n) is 12.2. The molecule has 4 heteroatoms. The van der Waals surface area contributed by atoms with Crippen molar-refractivity contribution in [1.29, 1.82) is 0 Å². The van der Waals surface area contributed by atoms with Crippen molar-refractivity contribution >= 4 is 11.6 Å². The lowest BCUT2D eigenvalue weighted by atomic mass is 10.1. The summed E-state index contributed by atoms with van der Waals surface area (Å²) in [7, 11) is 0. The fourth-order valence-electron chi connectivity index (χ4n) is 2.95. The fraction of sp³-hybridized carbons (Fsp3) is 0.471. The number of halogens is 1. The minimum absolute atomic E-state index is 0.00289. The number of nitrogens with one attached hydrogen (secondary N) is 1. The quantitative estimate of drug-likeness (QED) is 0.815. The van der Waals surface area contributed by atoms with E-state index in [0.29, 0.717) is 6.04 Å². The van der Waals surface area contributed by atoms with Crippen LogP contribution < -0.4 is 5.32 Å². The molecule has 1 aliphatic carbocycles. The molecule has 2 aromatic rings. The van der Waals surface area contributed by atoms with Gasteiger partial charge in [0.25, 0.3) is 0 Å². The first-order valence-electron chi connectivity index (χ1n) is 7.76. The van der Waals surface area contributed by atoms with E-state index in [1.54, 1.807) is 0 Å². The summed E-state index contributed by atoms with van der Waals surface area (Å²) in [6, 6.07) is 12.9. The highest BCUT2D eigenvalue weighted by molar-refractivity contribution is 6.21. The van der Waals surface area contributed by atoms with E-state index < -0.39 is 0 Å². The van der Waals surface area contributed by atoms with E-state index in [4.69, 9.17) is 11.6 Å². The summed E-state index contributed by atoms with van der Waals surface area (Å²) in [4.78, 5) is 0. The number of alkyl halides is 1. The van der Waals surface area contributed by atoms with Crippen LogP contribution in [-0.2, 0) is 6.54 Å². The second kappa shape index (κ2) is 7.10. The van der Waals surface area contributed by atoms with Crippen molar-refractivity contribution in [1.82, 2.24) is 15.1 Å². The lowest BCUT2D eigenvalue weighted by Gasteiger charge is -2.11. The van der Waals surface area contributed by atoms with E-state index in [1.165, 1.54) is 25.7 Å². The molecule has 1 aromatic heterocycles. The molecular weight excluding hydrogens is 282 g/mol. The highest BCUT2D eigenvalue weighted by atomic mass is 35.5. The molecule has 0 bridgehead atoms. The third kappa shape index (κ3) is 3.86. The summed E-state index contributed by atoms with van der Waals surface area (Å²) < 4.78 is 2.14. The molecule has 1 unspecified atom stereocenters. The fourth-order valence-corrected chi connectivity index (χ4v) is 3.21. The van der Waals surface area contributed by atoms with Crippen molar-refractivity contribution in [2.45, 2.75) is 43.6 Å². The van der Waals surface area contributed by atoms with Gasteiger partial charge in [0, 0.05) is 19.3 Å². The van der Waals surface area contributed by atoms with Crippen molar-refractivity contribution in [3.63, 3.8) is 0 Å². The van der Waals surface area contributed by atoms with E-state index >= 15 is 0 Å². The average Bonchev–Trinajstić information content (AvgIpc) is 3.19. The summed E-state index contributed by atoms with van der Waals surface area (Å²) in [5.74, 6) is 0. The Morgan fingerprint density at radius 3 is 2.71 bits per heavy atom. The van der Waals surface area contributed by atoms with Gasteiger partial charge in [-0.2, -0.15) is 5.10 Å². The third-order valence-corrected chi connectivity index (χ3v) is 4.56. The van der Waals surface area contributed by atoms with Gasteiger partial charge in [0.1, 0.15) is 0 Å². The number of aromatic nitrogens is 2. The number of benzene rings is 1. The van der Waals surface area contributed by atoms with Crippen molar-refractivity contribution in [2.24, 2.45) is 0 Å².